The Labute approximate surface area is 162 Å². The normalized spacial score (nSPS) is 16.9. The number of hydrogen-bond donors (Lipinski definition) is 2. The van der Waals surface area contributed by atoms with Crippen LogP contribution in [0.2, 0.25) is 0 Å². The van der Waals surface area contributed by atoms with Gasteiger partial charge in [-0.25, -0.2) is 4.79 Å². The molecule has 3 rings (SSSR count). The van der Waals surface area contributed by atoms with E-state index in [0.717, 1.165) is 49.6 Å². The van der Waals surface area contributed by atoms with Crippen molar-refractivity contribution >= 4 is 6.03 Å². The number of furan rings is 1. The molecule has 1 aromatic carbocycles. The van der Waals surface area contributed by atoms with Gasteiger partial charge in [-0.15, -0.1) is 0 Å². The Morgan fingerprint density at radius 3 is 2.59 bits per heavy atom. The minimum Gasteiger partial charge on any atom is -0.466 e. The molecule has 146 valence electrons. The summed E-state index contributed by atoms with van der Waals surface area (Å²) in [5.41, 5.74) is 3.70. The lowest BCUT2D eigenvalue weighted by Gasteiger charge is -2.32. The molecule has 2 N–H and O–H groups in total. The number of hydrogen-bond acceptors (Lipinski definition) is 3. The molecule has 0 bridgehead atoms. The summed E-state index contributed by atoms with van der Waals surface area (Å²) in [6.07, 6.45) is 1.97. The van der Waals surface area contributed by atoms with E-state index in [1.807, 2.05) is 26.8 Å². The average Bonchev–Trinajstić information content (AvgIpc) is 2.95. The van der Waals surface area contributed by atoms with E-state index in [1.54, 1.807) is 0 Å². The number of rotatable bonds is 5. The lowest BCUT2D eigenvalue weighted by molar-refractivity contribution is 0.186. The van der Waals surface area contributed by atoms with Crippen molar-refractivity contribution < 1.29 is 9.21 Å². The zero-order chi connectivity index (χ0) is 19.4. The second-order valence-corrected chi connectivity index (χ2v) is 7.75. The number of carbonyl (C=O) groups excluding carboxylic acids is 1. The fourth-order valence-electron chi connectivity index (χ4n) is 3.89. The van der Waals surface area contributed by atoms with Crippen molar-refractivity contribution in [1.82, 2.24) is 15.5 Å². The largest absolute Gasteiger partial charge is 0.466 e. The number of urea groups is 1. The number of piperidine rings is 1. The Bertz CT molecular complexity index is 776. The molecule has 0 radical (unpaired) electrons. The number of amides is 2. The highest BCUT2D eigenvalue weighted by Gasteiger charge is 2.22. The molecule has 0 aliphatic carbocycles. The van der Waals surface area contributed by atoms with Crippen molar-refractivity contribution in [3.05, 3.63) is 58.5 Å². The molecule has 5 nitrogen and oxygen atoms in total. The predicted octanol–water partition coefficient (Wildman–Crippen LogP) is 4.23. The van der Waals surface area contributed by atoms with E-state index in [1.165, 1.54) is 11.1 Å². The minimum atomic E-state index is -0.0992. The Morgan fingerprint density at radius 1 is 1.22 bits per heavy atom. The number of likely N-dealkylation sites (tertiary alicyclic amines) is 1. The van der Waals surface area contributed by atoms with Gasteiger partial charge in [0.05, 0.1) is 6.04 Å². The van der Waals surface area contributed by atoms with Gasteiger partial charge in [0.1, 0.15) is 11.5 Å². The van der Waals surface area contributed by atoms with Crippen molar-refractivity contribution in [2.75, 3.05) is 13.1 Å². The first kappa shape index (κ1) is 19.5. The van der Waals surface area contributed by atoms with E-state index < -0.39 is 0 Å². The van der Waals surface area contributed by atoms with Gasteiger partial charge in [-0.1, -0.05) is 29.8 Å². The standard InChI is InChI=1S/C22H31N3O2/c1-15-6-5-7-19(12-15)14-25-10-8-20(9-11-25)24-22(26)23-17(3)21-13-16(2)27-18(21)4/h5-7,12-13,17,20H,8-11,14H2,1-4H3,(H2,23,24,26). The number of nitrogens with zero attached hydrogens (tertiary/aromatic N) is 1. The molecule has 2 aromatic rings. The van der Waals surface area contributed by atoms with E-state index in [2.05, 4.69) is 46.7 Å². The van der Waals surface area contributed by atoms with Gasteiger partial charge in [-0.2, -0.15) is 0 Å². The molecule has 0 saturated carbocycles. The van der Waals surface area contributed by atoms with Crippen LogP contribution >= 0.6 is 0 Å². The Kier molecular flexibility index (Phi) is 6.22. The first-order valence-corrected chi connectivity index (χ1v) is 9.82. The van der Waals surface area contributed by atoms with Crippen molar-refractivity contribution in [3.8, 4) is 0 Å². The van der Waals surface area contributed by atoms with E-state index in [9.17, 15) is 4.79 Å². The van der Waals surface area contributed by atoms with E-state index in [4.69, 9.17) is 4.42 Å². The fourth-order valence-corrected chi connectivity index (χ4v) is 3.89. The maximum absolute atomic E-state index is 12.4. The fraction of sp³-hybridized carbons (Fsp3) is 0.500. The number of carbonyl (C=O) groups is 1. The monoisotopic (exact) mass is 369 g/mol. The summed E-state index contributed by atoms with van der Waals surface area (Å²) in [4.78, 5) is 14.8. The highest BCUT2D eigenvalue weighted by atomic mass is 16.3. The Balaban J connectivity index is 1.43. The van der Waals surface area contributed by atoms with Crippen LogP contribution in [0.5, 0.6) is 0 Å². The van der Waals surface area contributed by atoms with E-state index >= 15 is 0 Å². The minimum absolute atomic E-state index is 0.0659. The molecule has 2 heterocycles. The van der Waals surface area contributed by atoms with Crippen LogP contribution in [0.25, 0.3) is 0 Å². The third-order valence-corrected chi connectivity index (χ3v) is 5.30. The van der Waals surface area contributed by atoms with Crippen LogP contribution < -0.4 is 10.6 Å². The number of benzene rings is 1. The molecule has 5 heteroatoms. The molecule has 1 fully saturated rings. The van der Waals surface area contributed by atoms with E-state index in [-0.39, 0.29) is 18.1 Å². The van der Waals surface area contributed by atoms with Gasteiger partial charge in [0.2, 0.25) is 0 Å². The summed E-state index contributed by atoms with van der Waals surface area (Å²) in [7, 11) is 0. The Morgan fingerprint density at radius 2 is 1.96 bits per heavy atom. The second-order valence-electron chi connectivity index (χ2n) is 7.75. The molecule has 1 saturated heterocycles. The second kappa shape index (κ2) is 8.61. The first-order valence-electron chi connectivity index (χ1n) is 9.82. The van der Waals surface area contributed by atoms with Crippen LogP contribution in [-0.4, -0.2) is 30.1 Å². The summed E-state index contributed by atoms with van der Waals surface area (Å²) in [6.45, 7) is 11.0. The summed E-state index contributed by atoms with van der Waals surface area (Å²) in [6, 6.07) is 10.7. The average molecular weight is 370 g/mol. The summed E-state index contributed by atoms with van der Waals surface area (Å²) < 4.78 is 5.56. The van der Waals surface area contributed by atoms with Gasteiger partial charge >= 0.3 is 6.03 Å². The molecule has 1 unspecified atom stereocenters. The topological polar surface area (TPSA) is 57.5 Å². The van der Waals surface area contributed by atoms with Gasteiger partial charge in [-0.3, -0.25) is 4.90 Å². The first-order chi connectivity index (χ1) is 12.9. The van der Waals surface area contributed by atoms with Crippen molar-refractivity contribution in [1.29, 1.82) is 0 Å². The molecule has 1 aliphatic heterocycles. The predicted molar refractivity (Wildman–Crippen MR) is 108 cm³/mol. The van der Waals surface area contributed by atoms with Crippen LogP contribution in [0.4, 0.5) is 4.79 Å². The van der Waals surface area contributed by atoms with Gasteiger partial charge in [0.15, 0.2) is 0 Å². The molecule has 2 amide bonds. The van der Waals surface area contributed by atoms with Gasteiger partial charge in [0, 0.05) is 31.2 Å². The van der Waals surface area contributed by atoms with Crippen LogP contribution in [-0.2, 0) is 6.54 Å². The number of aryl methyl sites for hydroxylation is 3. The highest BCUT2D eigenvalue weighted by Crippen LogP contribution is 2.21. The third-order valence-electron chi connectivity index (χ3n) is 5.30. The van der Waals surface area contributed by atoms with Crippen molar-refractivity contribution in [2.24, 2.45) is 0 Å². The van der Waals surface area contributed by atoms with Crippen LogP contribution in [0.15, 0.2) is 34.7 Å². The quantitative estimate of drug-likeness (QED) is 0.829. The molecule has 1 aliphatic rings. The van der Waals surface area contributed by atoms with Crippen LogP contribution in [0.1, 0.15) is 54.0 Å². The van der Waals surface area contributed by atoms with E-state index in [0.29, 0.717) is 0 Å². The molecule has 1 aromatic heterocycles. The lowest BCUT2D eigenvalue weighted by atomic mass is 10.0. The number of nitrogens with one attached hydrogen (secondary N) is 2. The molecule has 27 heavy (non-hydrogen) atoms. The maximum Gasteiger partial charge on any atom is 0.315 e. The lowest BCUT2D eigenvalue weighted by Crippen LogP contribution is -2.48. The Hall–Kier alpha value is -2.27. The SMILES string of the molecule is Cc1cccc(CN2CCC(NC(=O)NC(C)c3cc(C)oc3C)CC2)c1. The van der Waals surface area contributed by atoms with Gasteiger partial charge in [-0.05, 0) is 52.2 Å². The van der Waals surface area contributed by atoms with Crippen LogP contribution in [0, 0.1) is 20.8 Å². The van der Waals surface area contributed by atoms with Gasteiger partial charge in [0.25, 0.3) is 0 Å². The summed E-state index contributed by atoms with van der Waals surface area (Å²) in [5.74, 6) is 1.74. The van der Waals surface area contributed by atoms with Crippen molar-refractivity contribution in [2.45, 2.75) is 59.2 Å². The van der Waals surface area contributed by atoms with Crippen molar-refractivity contribution in [3.63, 3.8) is 0 Å². The van der Waals surface area contributed by atoms with Crippen LogP contribution in [0.3, 0.4) is 0 Å². The maximum atomic E-state index is 12.4. The smallest absolute Gasteiger partial charge is 0.315 e. The highest BCUT2D eigenvalue weighted by molar-refractivity contribution is 5.74. The molecule has 0 spiro atoms. The zero-order valence-corrected chi connectivity index (χ0v) is 16.8. The third kappa shape index (κ3) is 5.36. The molecular weight excluding hydrogens is 338 g/mol. The summed E-state index contributed by atoms with van der Waals surface area (Å²) in [5, 5.41) is 6.16. The summed E-state index contributed by atoms with van der Waals surface area (Å²) >= 11 is 0. The zero-order valence-electron chi connectivity index (χ0n) is 16.8. The molecule has 1 atom stereocenters. The van der Waals surface area contributed by atoms with Gasteiger partial charge < -0.3 is 15.1 Å². The molecular formula is C22H31N3O2.